The number of fused-ring (bicyclic) bond motifs is 4. The van der Waals surface area contributed by atoms with Gasteiger partial charge in [0.25, 0.3) is 5.91 Å². The van der Waals surface area contributed by atoms with E-state index in [0.29, 0.717) is 18.7 Å². The topological polar surface area (TPSA) is 58.6 Å². The molecule has 0 spiro atoms. The second-order valence-corrected chi connectivity index (χ2v) is 8.02. The number of nitrogens with one attached hydrogen (secondary N) is 1. The normalized spacial score (nSPS) is 19.1. The van der Waals surface area contributed by atoms with Gasteiger partial charge >= 0.3 is 0 Å². The Labute approximate surface area is 181 Å². The maximum absolute atomic E-state index is 13.6. The number of carbonyl (C=O) groups is 2. The van der Waals surface area contributed by atoms with Crippen molar-refractivity contribution in [2.45, 2.75) is 24.9 Å². The third-order valence-corrected chi connectivity index (χ3v) is 6.34. The highest BCUT2D eigenvalue weighted by molar-refractivity contribution is 6.01. The lowest BCUT2D eigenvalue weighted by Gasteiger charge is -2.45. The lowest BCUT2D eigenvalue weighted by Crippen LogP contribution is -2.50. The second-order valence-electron chi connectivity index (χ2n) is 8.02. The first kappa shape index (κ1) is 19.4. The number of benzene rings is 3. The van der Waals surface area contributed by atoms with Crippen LogP contribution in [0.1, 0.15) is 44.6 Å². The Kier molecular flexibility index (Phi) is 4.94. The fraction of sp³-hybridized carbons (Fsp3) is 0.231. The number of methoxy groups -OCH3 is 1. The van der Waals surface area contributed by atoms with Crippen molar-refractivity contribution in [3.63, 3.8) is 0 Å². The maximum atomic E-state index is 13.6. The van der Waals surface area contributed by atoms with E-state index in [1.807, 2.05) is 65.6 Å². The first-order chi connectivity index (χ1) is 15.2. The van der Waals surface area contributed by atoms with Crippen LogP contribution in [-0.2, 0) is 17.8 Å². The van der Waals surface area contributed by atoms with E-state index < -0.39 is 5.92 Å². The monoisotopic (exact) mass is 412 g/mol. The maximum Gasteiger partial charge on any atom is 0.254 e. The standard InChI is InChI=1S/C26H24N2O3/c1-31-19-12-10-17(11-13-19)16-27-25(29)23-21-8-4-5-9-22(21)26(30)28-15-14-18-6-2-3-7-20(18)24(23)28/h2-13,23-24H,14-16H2,1H3,(H,27,29)/t23-,24-/m1/s1. The summed E-state index contributed by atoms with van der Waals surface area (Å²) in [5, 5.41) is 3.11. The Morgan fingerprint density at radius 2 is 1.71 bits per heavy atom. The molecule has 1 N–H and O–H groups in total. The number of hydrogen-bond donors (Lipinski definition) is 1. The molecule has 5 nitrogen and oxygen atoms in total. The van der Waals surface area contributed by atoms with E-state index in [0.717, 1.165) is 28.9 Å². The molecule has 3 aromatic carbocycles. The molecule has 0 fully saturated rings. The van der Waals surface area contributed by atoms with Crippen LogP contribution in [0.15, 0.2) is 72.8 Å². The van der Waals surface area contributed by atoms with Gasteiger partial charge in [-0.1, -0.05) is 54.6 Å². The minimum Gasteiger partial charge on any atom is -0.497 e. The van der Waals surface area contributed by atoms with Gasteiger partial charge in [0.05, 0.1) is 19.1 Å². The summed E-state index contributed by atoms with van der Waals surface area (Å²) >= 11 is 0. The Morgan fingerprint density at radius 3 is 2.48 bits per heavy atom. The van der Waals surface area contributed by atoms with Crippen LogP contribution in [0, 0.1) is 0 Å². The molecule has 2 amide bonds. The van der Waals surface area contributed by atoms with Gasteiger partial charge in [0, 0.05) is 18.7 Å². The molecule has 0 unspecified atom stereocenters. The van der Waals surface area contributed by atoms with Crippen molar-refractivity contribution < 1.29 is 14.3 Å². The first-order valence-corrected chi connectivity index (χ1v) is 10.6. The van der Waals surface area contributed by atoms with E-state index in [1.165, 1.54) is 5.56 Å². The van der Waals surface area contributed by atoms with Gasteiger partial charge in [-0.3, -0.25) is 9.59 Å². The average molecular weight is 412 g/mol. The molecule has 0 saturated heterocycles. The summed E-state index contributed by atoms with van der Waals surface area (Å²) in [5.74, 6) is 0.273. The summed E-state index contributed by atoms with van der Waals surface area (Å²) in [5.41, 5.74) is 4.71. The van der Waals surface area contributed by atoms with Gasteiger partial charge in [-0.25, -0.2) is 0 Å². The Bertz CT molecular complexity index is 1140. The van der Waals surface area contributed by atoms with Crippen LogP contribution in [0.3, 0.4) is 0 Å². The van der Waals surface area contributed by atoms with Crippen LogP contribution in [0.25, 0.3) is 0 Å². The Morgan fingerprint density at radius 1 is 1.00 bits per heavy atom. The molecule has 31 heavy (non-hydrogen) atoms. The number of rotatable bonds is 4. The molecular formula is C26H24N2O3. The zero-order chi connectivity index (χ0) is 21.4. The minimum absolute atomic E-state index is 0.00862. The number of carbonyl (C=O) groups excluding carboxylic acids is 2. The fourth-order valence-electron chi connectivity index (χ4n) is 4.80. The van der Waals surface area contributed by atoms with E-state index in [9.17, 15) is 9.59 Å². The molecule has 5 heteroatoms. The molecule has 0 saturated carbocycles. The lowest BCUT2D eigenvalue weighted by atomic mass is 9.76. The zero-order valence-corrected chi connectivity index (χ0v) is 17.4. The van der Waals surface area contributed by atoms with E-state index in [1.54, 1.807) is 7.11 Å². The minimum atomic E-state index is -0.450. The van der Waals surface area contributed by atoms with Gasteiger partial charge in [0.2, 0.25) is 5.91 Å². The van der Waals surface area contributed by atoms with Crippen LogP contribution >= 0.6 is 0 Å². The lowest BCUT2D eigenvalue weighted by molar-refractivity contribution is -0.124. The van der Waals surface area contributed by atoms with Crippen LogP contribution in [-0.4, -0.2) is 30.4 Å². The number of nitrogens with zero attached hydrogens (tertiary/aromatic N) is 1. The predicted octanol–water partition coefficient (Wildman–Crippen LogP) is 3.85. The van der Waals surface area contributed by atoms with Gasteiger partial charge < -0.3 is 15.0 Å². The predicted molar refractivity (Wildman–Crippen MR) is 118 cm³/mol. The molecule has 2 aliphatic rings. The number of ether oxygens (including phenoxy) is 1. The Hall–Kier alpha value is -3.60. The quantitative estimate of drug-likeness (QED) is 0.708. The Balaban J connectivity index is 1.50. The average Bonchev–Trinajstić information content (AvgIpc) is 2.83. The molecule has 0 bridgehead atoms. The van der Waals surface area contributed by atoms with Gasteiger partial charge in [-0.05, 0) is 46.9 Å². The van der Waals surface area contributed by atoms with Gasteiger partial charge in [0.1, 0.15) is 5.75 Å². The van der Waals surface area contributed by atoms with Crippen LogP contribution in [0.5, 0.6) is 5.75 Å². The summed E-state index contributed by atoms with van der Waals surface area (Å²) < 4.78 is 5.21. The van der Waals surface area contributed by atoms with Gasteiger partial charge in [0.15, 0.2) is 0 Å². The van der Waals surface area contributed by atoms with Gasteiger partial charge in [-0.2, -0.15) is 0 Å². The number of hydrogen-bond acceptors (Lipinski definition) is 3. The molecular weight excluding hydrogens is 388 g/mol. The highest BCUT2D eigenvalue weighted by Gasteiger charge is 2.45. The van der Waals surface area contributed by atoms with Crippen molar-refractivity contribution >= 4 is 11.8 Å². The molecule has 0 radical (unpaired) electrons. The molecule has 2 heterocycles. The van der Waals surface area contributed by atoms with E-state index in [4.69, 9.17) is 4.74 Å². The van der Waals surface area contributed by atoms with Crippen molar-refractivity contribution in [2.24, 2.45) is 0 Å². The zero-order valence-electron chi connectivity index (χ0n) is 17.4. The van der Waals surface area contributed by atoms with Crippen LogP contribution in [0.2, 0.25) is 0 Å². The van der Waals surface area contributed by atoms with Crippen molar-refractivity contribution in [3.05, 3.63) is 101 Å². The highest BCUT2D eigenvalue weighted by Crippen LogP contribution is 2.45. The molecule has 0 aliphatic carbocycles. The summed E-state index contributed by atoms with van der Waals surface area (Å²) in [6, 6.07) is 23.0. The largest absolute Gasteiger partial charge is 0.497 e. The van der Waals surface area contributed by atoms with E-state index >= 15 is 0 Å². The fourth-order valence-corrected chi connectivity index (χ4v) is 4.80. The van der Waals surface area contributed by atoms with Crippen LogP contribution < -0.4 is 10.1 Å². The van der Waals surface area contributed by atoms with Crippen molar-refractivity contribution in [2.75, 3.05) is 13.7 Å². The van der Waals surface area contributed by atoms with Gasteiger partial charge in [-0.15, -0.1) is 0 Å². The third kappa shape index (κ3) is 3.36. The third-order valence-electron chi connectivity index (χ3n) is 6.34. The highest BCUT2D eigenvalue weighted by atomic mass is 16.5. The molecule has 156 valence electrons. The second kappa shape index (κ2) is 7.91. The van der Waals surface area contributed by atoms with Crippen molar-refractivity contribution in [1.82, 2.24) is 10.2 Å². The van der Waals surface area contributed by atoms with Crippen LogP contribution in [0.4, 0.5) is 0 Å². The SMILES string of the molecule is COc1ccc(CNC(=O)[C@@H]2c3ccccc3C(=O)N3CCc4ccccc4[C@H]23)cc1. The van der Waals surface area contributed by atoms with E-state index in [2.05, 4.69) is 17.4 Å². The summed E-state index contributed by atoms with van der Waals surface area (Å²) in [7, 11) is 1.63. The molecule has 2 atom stereocenters. The van der Waals surface area contributed by atoms with E-state index in [-0.39, 0.29) is 17.9 Å². The smallest absolute Gasteiger partial charge is 0.254 e. The summed E-state index contributed by atoms with van der Waals surface area (Å²) in [6.07, 6.45) is 0.806. The molecule has 3 aromatic rings. The number of amides is 2. The van der Waals surface area contributed by atoms with Crippen molar-refractivity contribution in [3.8, 4) is 5.75 Å². The van der Waals surface area contributed by atoms with Crippen molar-refractivity contribution in [1.29, 1.82) is 0 Å². The summed E-state index contributed by atoms with van der Waals surface area (Å²) in [4.78, 5) is 28.7. The molecule has 5 rings (SSSR count). The molecule has 2 aliphatic heterocycles. The molecule has 0 aromatic heterocycles. The summed E-state index contributed by atoms with van der Waals surface area (Å²) in [6.45, 7) is 1.04. The first-order valence-electron chi connectivity index (χ1n) is 10.6.